The van der Waals surface area contributed by atoms with Crippen molar-refractivity contribution in [2.75, 3.05) is 0 Å². The van der Waals surface area contributed by atoms with Gasteiger partial charge in [-0.15, -0.1) is 12.8 Å². The summed E-state index contributed by atoms with van der Waals surface area (Å²) in [5.41, 5.74) is 7.68. The lowest BCUT2D eigenvalue weighted by atomic mass is 10.2. The Morgan fingerprint density at radius 3 is 1.45 bits per heavy atom. The predicted octanol–water partition coefficient (Wildman–Crippen LogP) is 2.92. The molecule has 0 amide bonds. The molecule has 0 aliphatic rings. The molecule has 0 aliphatic carbocycles. The molecule has 0 aromatic heterocycles. The van der Waals surface area contributed by atoms with E-state index in [2.05, 4.69) is 26.7 Å². The van der Waals surface area contributed by atoms with Crippen molar-refractivity contribution in [3.8, 4) is 12.8 Å². The first-order valence-electron chi connectivity index (χ1n) is 3.93. The molecule has 0 unspecified atom stereocenters. The van der Waals surface area contributed by atoms with Gasteiger partial charge in [0.1, 0.15) is 0 Å². The fraction of sp³-hybridized carbons (Fsp3) is 0.600. The maximum Gasteiger partial charge on any atom is 0.00378 e. The van der Waals surface area contributed by atoms with E-state index in [1.165, 1.54) is 5.57 Å². The smallest absolute Gasteiger partial charge is 0.00378 e. The molecule has 2 N–H and O–H groups in total. The van der Waals surface area contributed by atoms with Crippen LogP contribution in [-0.2, 0) is 0 Å². The zero-order chi connectivity index (χ0) is 9.86. The standard InChI is InChI=1S/C6H13N.C2H6.C2H2/c1-4-5(2)6(3)7;2*1-2/h4,7H2,1-3H3;1-2H3;1-2H/b6-5-;;. The molecule has 0 aromatic carbocycles. The first-order valence-corrected chi connectivity index (χ1v) is 3.93. The van der Waals surface area contributed by atoms with Crippen LogP contribution in [0.25, 0.3) is 0 Å². The van der Waals surface area contributed by atoms with Crippen molar-refractivity contribution in [3.05, 3.63) is 11.3 Å². The Bertz CT molecular complexity index is 105. The summed E-state index contributed by atoms with van der Waals surface area (Å²) in [7, 11) is 0. The van der Waals surface area contributed by atoms with E-state index in [0.717, 1.165) is 12.1 Å². The van der Waals surface area contributed by atoms with E-state index >= 15 is 0 Å². The summed E-state index contributed by atoms with van der Waals surface area (Å²) < 4.78 is 0. The molecule has 66 valence electrons. The monoisotopic (exact) mass is 155 g/mol. The van der Waals surface area contributed by atoms with Gasteiger partial charge in [-0.2, -0.15) is 0 Å². The van der Waals surface area contributed by atoms with Crippen molar-refractivity contribution in [1.29, 1.82) is 0 Å². The van der Waals surface area contributed by atoms with Crippen LogP contribution in [0.1, 0.15) is 41.0 Å². The topological polar surface area (TPSA) is 26.0 Å². The van der Waals surface area contributed by atoms with Gasteiger partial charge in [-0.1, -0.05) is 26.3 Å². The second kappa shape index (κ2) is 16.0. The van der Waals surface area contributed by atoms with E-state index in [-0.39, 0.29) is 0 Å². The molecule has 0 saturated heterocycles. The van der Waals surface area contributed by atoms with Crippen LogP contribution >= 0.6 is 0 Å². The average molecular weight is 155 g/mol. The van der Waals surface area contributed by atoms with E-state index in [0.29, 0.717) is 0 Å². The van der Waals surface area contributed by atoms with Gasteiger partial charge in [0.05, 0.1) is 0 Å². The second-order valence-corrected chi connectivity index (χ2v) is 1.82. The summed E-state index contributed by atoms with van der Waals surface area (Å²) in [6.45, 7) is 10.1. The molecular formula is C10H21N. The Labute approximate surface area is 71.7 Å². The van der Waals surface area contributed by atoms with Crippen molar-refractivity contribution in [2.24, 2.45) is 5.73 Å². The number of allylic oxidation sites excluding steroid dienone is 2. The SMILES string of the molecule is C#C.CC.CC/C(C)=C(/C)N. The van der Waals surface area contributed by atoms with Crippen molar-refractivity contribution >= 4 is 0 Å². The molecule has 0 spiro atoms. The van der Waals surface area contributed by atoms with E-state index < -0.39 is 0 Å². The minimum Gasteiger partial charge on any atom is -0.402 e. The van der Waals surface area contributed by atoms with Crippen LogP contribution in [0.3, 0.4) is 0 Å². The number of rotatable bonds is 1. The first kappa shape index (κ1) is 16.6. The van der Waals surface area contributed by atoms with Crippen LogP contribution in [0.4, 0.5) is 0 Å². The molecule has 0 saturated carbocycles. The van der Waals surface area contributed by atoms with Gasteiger partial charge in [0, 0.05) is 5.70 Å². The van der Waals surface area contributed by atoms with Gasteiger partial charge < -0.3 is 5.73 Å². The van der Waals surface area contributed by atoms with Gasteiger partial charge in [0.15, 0.2) is 0 Å². The predicted molar refractivity (Wildman–Crippen MR) is 54.1 cm³/mol. The van der Waals surface area contributed by atoms with Crippen molar-refractivity contribution < 1.29 is 0 Å². The minimum absolute atomic E-state index is 0.961. The maximum atomic E-state index is 5.43. The Balaban J connectivity index is -0.000000138. The van der Waals surface area contributed by atoms with Gasteiger partial charge in [0.25, 0.3) is 0 Å². The molecule has 1 heteroatoms. The largest absolute Gasteiger partial charge is 0.402 e. The molecule has 0 bridgehead atoms. The van der Waals surface area contributed by atoms with Gasteiger partial charge in [-0.25, -0.2) is 0 Å². The van der Waals surface area contributed by atoms with Gasteiger partial charge in [0.2, 0.25) is 0 Å². The molecule has 0 rings (SSSR count). The molecule has 0 heterocycles. The highest BCUT2D eigenvalue weighted by molar-refractivity contribution is 5.03. The van der Waals surface area contributed by atoms with E-state index in [1.807, 2.05) is 20.8 Å². The quantitative estimate of drug-likeness (QED) is 0.579. The summed E-state index contributed by atoms with van der Waals surface area (Å²) in [5, 5.41) is 0. The van der Waals surface area contributed by atoms with E-state index in [1.54, 1.807) is 0 Å². The lowest BCUT2D eigenvalue weighted by Crippen LogP contribution is -1.93. The Morgan fingerprint density at radius 2 is 1.45 bits per heavy atom. The molecule has 0 aromatic rings. The highest BCUT2D eigenvalue weighted by Gasteiger charge is 1.83. The Morgan fingerprint density at radius 1 is 1.18 bits per heavy atom. The summed E-state index contributed by atoms with van der Waals surface area (Å²) in [6.07, 6.45) is 9.07. The molecule has 0 aliphatic heterocycles. The lowest BCUT2D eigenvalue weighted by molar-refractivity contribution is 1.04. The molecule has 0 fully saturated rings. The molecule has 0 radical (unpaired) electrons. The van der Waals surface area contributed by atoms with Crippen LogP contribution in [0.15, 0.2) is 11.3 Å². The molecule has 0 atom stereocenters. The highest BCUT2D eigenvalue weighted by Crippen LogP contribution is 1.99. The van der Waals surface area contributed by atoms with Gasteiger partial charge >= 0.3 is 0 Å². The Kier molecular flexibility index (Phi) is 24.2. The second-order valence-electron chi connectivity index (χ2n) is 1.82. The fourth-order valence-electron chi connectivity index (χ4n) is 0.279. The number of hydrogen-bond donors (Lipinski definition) is 1. The summed E-state index contributed by atoms with van der Waals surface area (Å²) >= 11 is 0. The van der Waals surface area contributed by atoms with Crippen LogP contribution in [0.2, 0.25) is 0 Å². The number of terminal acetylenes is 1. The normalized spacial score (nSPS) is 9.36. The maximum absolute atomic E-state index is 5.43. The van der Waals surface area contributed by atoms with Crippen molar-refractivity contribution in [1.82, 2.24) is 0 Å². The first-order chi connectivity index (χ1) is 5.18. The number of hydrogen-bond acceptors (Lipinski definition) is 1. The van der Waals surface area contributed by atoms with Gasteiger partial charge in [-0.05, 0) is 20.3 Å². The summed E-state index contributed by atoms with van der Waals surface area (Å²) in [6, 6.07) is 0. The molecular weight excluding hydrogens is 134 g/mol. The lowest BCUT2D eigenvalue weighted by Gasteiger charge is -1.94. The zero-order valence-corrected chi connectivity index (χ0v) is 8.44. The molecule has 1 nitrogen and oxygen atoms in total. The number of nitrogens with two attached hydrogens (primary N) is 1. The minimum atomic E-state index is 0.961. The third kappa shape index (κ3) is 17.6. The third-order valence-electron chi connectivity index (χ3n) is 1.20. The van der Waals surface area contributed by atoms with Crippen LogP contribution < -0.4 is 5.73 Å². The zero-order valence-electron chi connectivity index (χ0n) is 8.44. The highest BCUT2D eigenvalue weighted by atomic mass is 14.6. The van der Waals surface area contributed by atoms with Crippen LogP contribution in [-0.4, -0.2) is 0 Å². The molecule has 11 heavy (non-hydrogen) atoms. The average Bonchev–Trinajstić information content (AvgIpc) is 2.10. The summed E-state index contributed by atoms with van der Waals surface area (Å²) in [4.78, 5) is 0. The van der Waals surface area contributed by atoms with Crippen LogP contribution in [0, 0.1) is 12.8 Å². The van der Waals surface area contributed by atoms with Crippen LogP contribution in [0.5, 0.6) is 0 Å². The summed E-state index contributed by atoms with van der Waals surface area (Å²) in [5.74, 6) is 0. The third-order valence-corrected chi connectivity index (χ3v) is 1.20. The Hall–Kier alpha value is -0.900. The van der Waals surface area contributed by atoms with Crippen molar-refractivity contribution in [3.63, 3.8) is 0 Å². The van der Waals surface area contributed by atoms with Crippen molar-refractivity contribution in [2.45, 2.75) is 41.0 Å². The van der Waals surface area contributed by atoms with E-state index in [9.17, 15) is 0 Å². The fourth-order valence-corrected chi connectivity index (χ4v) is 0.279. The van der Waals surface area contributed by atoms with Gasteiger partial charge in [-0.3, -0.25) is 0 Å². The van der Waals surface area contributed by atoms with E-state index in [4.69, 9.17) is 5.73 Å².